The molecule has 1 N–H and O–H groups in total. The van der Waals surface area contributed by atoms with Crippen molar-refractivity contribution in [3.05, 3.63) is 89.8 Å². The Morgan fingerprint density at radius 1 is 0.947 bits per heavy atom. The molecule has 0 bridgehead atoms. The average Bonchev–Trinajstić information content (AvgIpc) is 3.22. The van der Waals surface area contributed by atoms with E-state index >= 15 is 0 Å². The number of rotatable bonds is 7. The summed E-state index contributed by atoms with van der Waals surface area (Å²) in [5.41, 5.74) is 2.63. The van der Waals surface area contributed by atoms with Crippen LogP contribution in [0.25, 0.3) is 5.76 Å². The van der Waals surface area contributed by atoms with Crippen molar-refractivity contribution >= 4 is 28.8 Å². The second kappa shape index (κ2) is 11.1. The Kier molecular flexibility index (Phi) is 7.45. The Morgan fingerprint density at radius 2 is 1.63 bits per heavy atom. The number of hydrogen-bond acceptors (Lipinski definition) is 6. The van der Waals surface area contributed by atoms with Crippen LogP contribution in [0, 0.1) is 5.92 Å². The van der Waals surface area contributed by atoms with Gasteiger partial charge in [-0.25, -0.2) is 0 Å². The number of nitrogens with zero attached hydrogens (tertiary/aromatic N) is 3. The summed E-state index contributed by atoms with van der Waals surface area (Å²) >= 11 is 0. The van der Waals surface area contributed by atoms with E-state index in [0.717, 1.165) is 18.8 Å². The van der Waals surface area contributed by atoms with E-state index in [4.69, 9.17) is 4.74 Å². The van der Waals surface area contributed by atoms with E-state index in [1.165, 1.54) is 24.2 Å². The van der Waals surface area contributed by atoms with E-state index in [1.54, 1.807) is 42.6 Å². The lowest BCUT2D eigenvalue weighted by atomic mass is 9.98. The molecule has 1 aromatic heterocycles. The SMILES string of the molecule is CC(C)COc1ccc(/C(O)=C2\C(=O)C(=O)N(c3ccc(N4CCCCC4)cc3)C2c2ccccn2)cc1. The zero-order valence-electron chi connectivity index (χ0n) is 21.8. The third-order valence-electron chi connectivity index (χ3n) is 6.97. The quantitative estimate of drug-likeness (QED) is 0.248. The van der Waals surface area contributed by atoms with Crippen molar-refractivity contribution in [1.82, 2.24) is 4.98 Å². The molecule has 7 nitrogen and oxygen atoms in total. The van der Waals surface area contributed by atoms with E-state index < -0.39 is 17.7 Å². The zero-order valence-corrected chi connectivity index (χ0v) is 21.8. The van der Waals surface area contributed by atoms with Crippen molar-refractivity contribution in [3.8, 4) is 5.75 Å². The minimum absolute atomic E-state index is 0.0182. The number of hydrogen-bond donors (Lipinski definition) is 1. The third kappa shape index (κ3) is 5.14. The summed E-state index contributed by atoms with van der Waals surface area (Å²) in [7, 11) is 0. The number of anilines is 2. The van der Waals surface area contributed by atoms with Crippen LogP contribution in [0.4, 0.5) is 11.4 Å². The molecule has 2 fully saturated rings. The lowest BCUT2D eigenvalue weighted by molar-refractivity contribution is -0.132. The van der Waals surface area contributed by atoms with Gasteiger partial charge in [0.1, 0.15) is 17.6 Å². The van der Waals surface area contributed by atoms with Gasteiger partial charge in [-0.05, 0) is 85.8 Å². The highest BCUT2D eigenvalue weighted by Gasteiger charge is 2.47. The van der Waals surface area contributed by atoms with Crippen LogP contribution in [0.2, 0.25) is 0 Å². The number of aliphatic hydroxyl groups excluding tert-OH is 1. The molecule has 3 aromatic rings. The first kappa shape index (κ1) is 25.5. The van der Waals surface area contributed by atoms with E-state index in [1.807, 2.05) is 30.3 Å². The summed E-state index contributed by atoms with van der Waals surface area (Å²) in [6.45, 7) is 6.74. The van der Waals surface area contributed by atoms with E-state index in [-0.39, 0.29) is 11.3 Å². The summed E-state index contributed by atoms with van der Waals surface area (Å²) in [6, 6.07) is 19.1. The molecule has 0 radical (unpaired) electrons. The number of piperidine rings is 1. The van der Waals surface area contributed by atoms with Gasteiger partial charge in [-0.3, -0.25) is 19.5 Å². The fourth-order valence-corrected chi connectivity index (χ4v) is 5.02. The summed E-state index contributed by atoms with van der Waals surface area (Å²) in [5.74, 6) is -0.609. The molecule has 1 unspecified atom stereocenters. The van der Waals surface area contributed by atoms with E-state index in [0.29, 0.717) is 35.2 Å². The van der Waals surface area contributed by atoms with Gasteiger partial charge in [0.2, 0.25) is 0 Å². The Bertz CT molecular complexity index is 1310. The van der Waals surface area contributed by atoms with Gasteiger partial charge in [0.15, 0.2) is 0 Å². The number of aliphatic hydroxyl groups is 1. The Morgan fingerprint density at radius 3 is 2.26 bits per heavy atom. The summed E-state index contributed by atoms with van der Waals surface area (Å²) in [6.07, 6.45) is 5.20. The first-order valence-corrected chi connectivity index (χ1v) is 13.2. The van der Waals surface area contributed by atoms with Crippen LogP contribution in [0.3, 0.4) is 0 Å². The smallest absolute Gasteiger partial charge is 0.300 e. The molecule has 0 saturated carbocycles. The van der Waals surface area contributed by atoms with Gasteiger partial charge in [-0.2, -0.15) is 0 Å². The van der Waals surface area contributed by atoms with Gasteiger partial charge in [-0.1, -0.05) is 19.9 Å². The van der Waals surface area contributed by atoms with Gasteiger partial charge in [-0.15, -0.1) is 0 Å². The van der Waals surface area contributed by atoms with Crippen molar-refractivity contribution in [2.45, 2.75) is 39.2 Å². The molecule has 1 amide bonds. The Hall–Kier alpha value is -4.13. The minimum atomic E-state index is -0.853. The highest BCUT2D eigenvalue weighted by molar-refractivity contribution is 6.51. The molecule has 7 heteroatoms. The molecule has 3 heterocycles. The fraction of sp³-hybridized carbons (Fsp3) is 0.323. The van der Waals surface area contributed by atoms with Crippen LogP contribution in [-0.4, -0.2) is 41.5 Å². The topological polar surface area (TPSA) is 83.0 Å². The largest absolute Gasteiger partial charge is 0.507 e. The van der Waals surface area contributed by atoms with Crippen molar-refractivity contribution in [1.29, 1.82) is 0 Å². The predicted octanol–water partition coefficient (Wildman–Crippen LogP) is 5.73. The lowest BCUT2D eigenvalue weighted by Crippen LogP contribution is -2.31. The van der Waals surface area contributed by atoms with Crippen LogP contribution in [-0.2, 0) is 9.59 Å². The molecule has 196 valence electrons. The second-order valence-electron chi connectivity index (χ2n) is 10.2. The van der Waals surface area contributed by atoms with Crippen LogP contribution >= 0.6 is 0 Å². The predicted molar refractivity (Wildman–Crippen MR) is 148 cm³/mol. The number of amides is 1. The number of pyridine rings is 1. The van der Waals surface area contributed by atoms with Crippen LogP contribution in [0.15, 0.2) is 78.5 Å². The number of carbonyl (C=O) groups is 2. The molecule has 2 aliphatic rings. The molecule has 38 heavy (non-hydrogen) atoms. The molecule has 0 spiro atoms. The molecule has 2 aliphatic heterocycles. The van der Waals surface area contributed by atoms with Crippen LogP contribution < -0.4 is 14.5 Å². The van der Waals surface area contributed by atoms with Gasteiger partial charge in [0.05, 0.1) is 17.9 Å². The monoisotopic (exact) mass is 511 g/mol. The lowest BCUT2D eigenvalue weighted by Gasteiger charge is -2.30. The molecule has 2 saturated heterocycles. The summed E-state index contributed by atoms with van der Waals surface area (Å²) in [5, 5.41) is 11.3. The van der Waals surface area contributed by atoms with Crippen LogP contribution in [0.5, 0.6) is 5.75 Å². The molecule has 0 aliphatic carbocycles. The van der Waals surface area contributed by atoms with Gasteiger partial charge >= 0.3 is 0 Å². The van der Waals surface area contributed by atoms with E-state index in [9.17, 15) is 14.7 Å². The number of Topliss-reactive ketones (excluding diaryl/α,β-unsaturated/α-hetero) is 1. The maximum atomic E-state index is 13.4. The number of ether oxygens (including phenoxy) is 1. The average molecular weight is 512 g/mol. The zero-order chi connectivity index (χ0) is 26.6. The maximum Gasteiger partial charge on any atom is 0.300 e. The van der Waals surface area contributed by atoms with E-state index in [2.05, 4.69) is 23.7 Å². The fourth-order valence-electron chi connectivity index (χ4n) is 5.02. The number of carbonyl (C=O) groups excluding carboxylic acids is 2. The minimum Gasteiger partial charge on any atom is -0.507 e. The number of ketones is 1. The van der Waals surface area contributed by atoms with Gasteiger partial charge < -0.3 is 14.7 Å². The molecule has 5 rings (SSSR count). The normalized spacial score (nSPS) is 19.3. The standard InChI is InChI=1S/C31H33N3O4/c1-21(2)20-38-25-15-9-22(10-16-25)29(35)27-28(26-8-4-5-17-32-26)34(31(37)30(27)36)24-13-11-23(12-14-24)33-18-6-3-7-19-33/h4-5,8-17,21,28,35H,3,6-7,18-20H2,1-2H3/b29-27+. The van der Waals surface area contributed by atoms with Crippen molar-refractivity contribution < 1.29 is 19.4 Å². The third-order valence-corrected chi connectivity index (χ3v) is 6.97. The highest BCUT2D eigenvalue weighted by atomic mass is 16.5. The summed E-state index contributed by atoms with van der Waals surface area (Å²) in [4.78, 5) is 35.0. The Balaban J connectivity index is 1.52. The van der Waals surface area contributed by atoms with Gasteiger partial charge in [0.25, 0.3) is 11.7 Å². The molecule has 2 aromatic carbocycles. The molecular formula is C31H33N3O4. The van der Waals surface area contributed by atoms with Crippen molar-refractivity contribution in [3.63, 3.8) is 0 Å². The number of benzene rings is 2. The second-order valence-corrected chi connectivity index (χ2v) is 10.2. The first-order valence-electron chi connectivity index (χ1n) is 13.2. The number of aromatic nitrogens is 1. The van der Waals surface area contributed by atoms with Crippen LogP contribution in [0.1, 0.15) is 50.4 Å². The molecule has 1 atom stereocenters. The maximum absolute atomic E-state index is 13.4. The molecular weight excluding hydrogens is 478 g/mol. The van der Waals surface area contributed by atoms with Crippen molar-refractivity contribution in [2.75, 3.05) is 29.5 Å². The summed E-state index contributed by atoms with van der Waals surface area (Å²) < 4.78 is 5.74. The van der Waals surface area contributed by atoms with Gasteiger partial charge in [0, 0.05) is 36.2 Å². The Labute approximate surface area is 223 Å². The van der Waals surface area contributed by atoms with Crippen molar-refractivity contribution in [2.24, 2.45) is 5.92 Å². The highest BCUT2D eigenvalue weighted by Crippen LogP contribution is 2.42. The first-order chi connectivity index (χ1) is 18.4.